The van der Waals surface area contributed by atoms with Crippen molar-refractivity contribution in [2.45, 2.75) is 6.36 Å². The van der Waals surface area contributed by atoms with E-state index in [1.807, 2.05) is 18.2 Å². The number of rotatable bonds is 3. The van der Waals surface area contributed by atoms with Crippen LogP contribution < -0.4 is 10.1 Å². The van der Waals surface area contributed by atoms with Crippen LogP contribution in [0.3, 0.4) is 0 Å². The zero-order valence-electron chi connectivity index (χ0n) is 14.5. The van der Waals surface area contributed by atoms with Crippen molar-refractivity contribution in [2.24, 2.45) is 4.99 Å². The minimum atomic E-state index is -4.76. The van der Waals surface area contributed by atoms with Crippen LogP contribution in [0.1, 0.15) is 5.56 Å². The van der Waals surface area contributed by atoms with Crippen LogP contribution in [0.4, 0.5) is 23.7 Å². The molecule has 1 aromatic heterocycles. The Morgan fingerprint density at radius 1 is 1.03 bits per heavy atom. The molecule has 3 aromatic rings. The first kappa shape index (κ1) is 18.9. The molecule has 0 radical (unpaired) electrons. The Hall–Kier alpha value is -3.40. The van der Waals surface area contributed by atoms with Crippen LogP contribution in [0.25, 0.3) is 17.1 Å². The molecule has 6 nitrogen and oxygen atoms in total. The van der Waals surface area contributed by atoms with Gasteiger partial charge in [-0.2, -0.15) is 0 Å². The second-order valence-corrected chi connectivity index (χ2v) is 6.84. The number of aliphatic imine (C=N–C) groups is 1. The quantitative estimate of drug-likeness (QED) is 0.646. The third-order valence-electron chi connectivity index (χ3n) is 3.76. The summed E-state index contributed by atoms with van der Waals surface area (Å²) in [6.45, 7) is 0. The van der Waals surface area contributed by atoms with Crippen LogP contribution in [-0.4, -0.2) is 27.4 Å². The molecule has 0 aliphatic carbocycles. The van der Waals surface area contributed by atoms with Gasteiger partial charge in [0.1, 0.15) is 11.6 Å². The summed E-state index contributed by atoms with van der Waals surface area (Å²) in [7, 11) is 0. The Morgan fingerprint density at radius 3 is 2.48 bits per heavy atom. The van der Waals surface area contributed by atoms with E-state index in [0.717, 1.165) is 35.0 Å². The number of ether oxygens (including phenoxy) is 1. The molecule has 4 rings (SSSR count). The fraction of sp³-hybridized carbons (Fsp3) is 0.0526. The second kappa shape index (κ2) is 7.55. The molecule has 10 heteroatoms. The normalized spacial score (nSPS) is 17.1. The maximum Gasteiger partial charge on any atom is 0.573 e. The van der Waals surface area contributed by atoms with Gasteiger partial charge in [-0.25, -0.2) is 4.99 Å². The molecular weight excluding hydrogens is 405 g/mol. The van der Waals surface area contributed by atoms with Gasteiger partial charge in [-0.15, -0.1) is 13.2 Å². The summed E-state index contributed by atoms with van der Waals surface area (Å²) in [6.07, 6.45) is 0.208. The zero-order valence-corrected chi connectivity index (χ0v) is 15.3. The highest BCUT2D eigenvalue weighted by Crippen LogP contribution is 2.30. The number of carbonyl (C=O) groups is 1. The number of amidine groups is 1. The number of aromatic nitrogens is 2. The first-order valence-electron chi connectivity index (χ1n) is 8.22. The first-order chi connectivity index (χ1) is 13.9. The van der Waals surface area contributed by atoms with E-state index < -0.39 is 6.36 Å². The summed E-state index contributed by atoms with van der Waals surface area (Å²) in [6, 6.07) is 10.5. The highest BCUT2D eigenvalue weighted by molar-refractivity contribution is 8.18. The lowest BCUT2D eigenvalue weighted by atomic mass is 10.1. The van der Waals surface area contributed by atoms with E-state index in [4.69, 9.17) is 0 Å². The molecule has 0 saturated carbocycles. The van der Waals surface area contributed by atoms with Crippen molar-refractivity contribution in [1.29, 1.82) is 0 Å². The van der Waals surface area contributed by atoms with Gasteiger partial charge < -0.3 is 10.1 Å². The Bertz CT molecular complexity index is 1140. The molecule has 146 valence electrons. The van der Waals surface area contributed by atoms with E-state index in [2.05, 4.69) is 25.0 Å². The van der Waals surface area contributed by atoms with Crippen LogP contribution in [-0.2, 0) is 0 Å². The number of fused-ring (bicyclic) bond motifs is 1. The third kappa shape index (κ3) is 4.72. The summed E-state index contributed by atoms with van der Waals surface area (Å²) in [5.74, 6) is -0.0388. The maximum absolute atomic E-state index is 12.3. The van der Waals surface area contributed by atoms with Gasteiger partial charge in [-0.1, -0.05) is 6.07 Å². The Kier molecular flexibility index (Phi) is 4.93. The molecule has 2 heterocycles. The predicted octanol–water partition coefficient (Wildman–Crippen LogP) is 5.06. The molecule has 0 unspecified atom stereocenters. The van der Waals surface area contributed by atoms with Gasteiger partial charge >= 0.3 is 6.36 Å². The minimum Gasteiger partial charge on any atom is -0.406 e. The fourth-order valence-electron chi connectivity index (χ4n) is 2.59. The number of hydrogen-bond acceptors (Lipinski definition) is 6. The van der Waals surface area contributed by atoms with E-state index >= 15 is 0 Å². The molecule has 1 N–H and O–H groups in total. The van der Waals surface area contributed by atoms with Crippen LogP contribution in [0.2, 0.25) is 0 Å². The first-order valence-corrected chi connectivity index (χ1v) is 9.03. The molecule has 1 aliphatic heterocycles. The van der Waals surface area contributed by atoms with E-state index in [0.29, 0.717) is 21.9 Å². The maximum atomic E-state index is 12.3. The standard InChI is InChI=1S/C19H11F3N4O2S/c20-19(21,22)28-13-4-2-12(3-5-13)25-17-16(29-18(27)26-17)10-11-1-6-14-15(9-11)24-8-7-23-14/h1-10H,(H,25,26,27). The summed E-state index contributed by atoms with van der Waals surface area (Å²) in [4.78, 5) is 25.2. The van der Waals surface area contributed by atoms with Gasteiger partial charge in [0.2, 0.25) is 0 Å². The largest absolute Gasteiger partial charge is 0.573 e. The third-order valence-corrected chi connectivity index (χ3v) is 4.58. The molecule has 2 aromatic carbocycles. The monoisotopic (exact) mass is 416 g/mol. The summed E-state index contributed by atoms with van der Waals surface area (Å²) < 4.78 is 40.6. The van der Waals surface area contributed by atoms with Crippen molar-refractivity contribution in [1.82, 2.24) is 15.3 Å². The number of nitrogens with zero attached hydrogens (tertiary/aromatic N) is 3. The van der Waals surface area contributed by atoms with Gasteiger partial charge in [0.25, 0.3) is 5.24 Å². The Labute approximate surface area is 166 Å². The van der Waals surface area contributed by atoms with Gasteiger partial charge in [0.05, 0.1) is 21.6 Å². The van der Waals surface area contributed by atoms with Crippen LogP contribution >= 0.6 is 11.8 Å². The van der Waals surface area contributed by atoms with Gasteiger partial charge in [0, 0.05) is 12.4 Å². The number of alkyl halides is 3. The molecular formula is C19H11F3N4O2S. The van der Waals surface area contributed by atoms with Crippen molar-refractivity contribution in [3.05, 3.63) is 65.3 Å². The number of hydrogen-bond donors (Lipinski definition) is 1. The zero-order chi connectivity index (χ0) is 20.4. The second-order valence-electron chi connectivity index (χ2n) is 5.83. The lowest BCUT2D eigenvalue weighted by Gasteiger charge is -2.08. The van der Waals surface area contributed by atoms with E-state index in [1.165, 1.54) is 12.1 Å². The number of amides is 1. The molecule has 1 aliphatic rings. The number of nitrogens with one attached hydrogen (secondary N) is 1. The average molecular weight is 416 g/mol. The van der Waals surface area contributed by atoms with Crippen molar-refractivity contribution < 1.29 is 22.7 Å². The summed E-state index contributed by atoms with van der Waals surface area (Å²) in [5, 5.41) is 2.33. The molecule has 1 saturated heterocycles. The van der Waals surface area contributed by atoms with Crippen molar-refractivity contribution in [3.8, 4) is 5.75 Å². The number of benzene rings is 2. The van der Waals surface area contributed by atoms with Crippen LogP contribution in [0.5, 0.6) is 5.75 Å². The number of thioether (sulfide) groups is 1. The smallest absolute Gasteiger partial charge is 0.406 e. The highest BCUT2D eigenvalue weighted by atomic mass is 32.2. The Morgan fingerprint density at radius 2 is 1.76 bits per heavy atom. The molecule has 0 atom stereocenters. The fourth-order valence-corrected chi connectivity index (χ4v) is 3.32. The minimum absolute atomic E-state index is 0.299. The summed E-state index contributed by atoms with van der Waals surface area (Å²) >= 11 is 0.975. The van der Waals surface area contributed by atoms with E-state index in [1.54, 1.807) is 18.5 Å². The molecule has 0 bridgehead atoms. The van der Waals surface area contributed by atoms with E-state index in [9.17, 15) is 18.0 Å². The Balaban J connectivity index is 1.61. The summed E-state index contributed by atoms with van der Waals surface area (Å²) in [5.41, 5.74) is 2.63. The molecule has 29 heavy (non-hydrogen) atoms. The molecule has 1 fully saturated rings. The lowest BCUT2D eigenvalue weighted by Crippen LogP contribution is -2.18. The van der Waals surface area contributed by atoms with Crippen molar-refractivity contribution in [3.63, 3.8) is 0 Å². The predicted molar refractivity (Wildman–Crippen MR) is 104 cm³/mol. The number of halogens is 3. The SMILES string of the molecule is O=C1NC(=Nc2ccc(OC(F)(F)F)cc2)C(=Cc2ccc3nccnc3c2)S1. The molecule has 0 spiro atoms. The molecule has 1 amide bonds. The van der Waals surface area contributed by atoms with Crippen LogP contribution in [0, 0.1) is 0 Å². The highest BCUT2D eigenvalue weighted by Gasteiger charge is 2.31. The van der Waals surface area contributed by atoms with Crippen molar-refractivity contribution in [2.75, 3.05) is 0 Å². The topological polar surface area (TPSA) is 76.5 Å². The average Bonchev–Trinajstić information content (AvgIpc) is 3.01. The van der Waals surface area contributed by atoms with E-state index in [-0.39, 0.29) is 11.0 Å². The van der Waals surface area contributed by atoms with Gasteiger partial charge in [-0.05, 0) is 59.8 Å². The van der Waals surface area contributed by atoms with Crippen LogP contribution in [0.15, 0.2) is 64.8 Å². The van der Waals surface area contributed by atoms with Gasteiger partial charge in [-0.3, -0.25) is 14.8 Å². The lowest BCUT2D eigenvalue weighted by molar-refractivity contribution is -0.274. The van der Waals surface area contributed by atoms with Crippen molar-refractivity contribution >= 4 is 45.6 Å². The van der Waals surface area contributed by atoms with Gasteiger partial charge in [0.15, 0.2) is 0 Å². The number of carbonyl (C=O) groups excluding carboxylic acids is 1.